The minimum absolute atomic E-state index is 0.00337. The highest BCUT2D eigenvalue weighted by Crippen LogP contribution is 2.58. The van der Waals surface area contributed by atoms with Gasteiger partial charge in [-0.15, -0.1) is 11.3 Å². The fraction of sp³-hybridized carbons (Fsp3) is 0.254. The lowest BCUT2D eigenvalue weighted by molar-refractivity contribution is 0.332. The molecule has 6 aliphatic rings. The van der Waals surface area contributed by atoms with Crippen LogP contribution >= 0.6 is 11.3 Å². The lowest BCUT2D eigenvalue weighted by Gasteiger charge is -2.47. The van der Waals surface area contributed by atoms with E-state index in [1.54, 1.807) is 83.1 Å². The Morgan fingerprint density at radius 2 is 0.647 bits per heavy atom. The summed E-state index contributed by atoms with van der Waals surface area (Å²) >= 11 is 0.817. The Hall–Kier alpha value is -13.3. The van der Waals surface area contributed by atoms with E-state index in [4.69, 9.17) is 29.1 Å². The van der Waals surface area contributed by atoms with E-state index >= 15 is 0 Å². The maximum atomic E-state index is 11.1. The van der Waals surface area contributed by atoms with Gasteiger partial charge in [0.25, 0.3) is 13.4 Å². The first-order valence-corrected chi connectivity index (χ1v) is 45.9. The van der Waals surface area contributed by atoms with Gasteiger partial charge in [0.2, 0.25) is 0 Å². The van der Waals surface area contributed by atoms with Gasteiger partial charge in [0.15, 0.2) is 0 Å². The minimum Gasteiger partial charge on any atom is -0.468 e. The Morgan fingerprint density at radius 3 is 1.08 bits per heavy atom. The van der Waals surface area contributed by atoms with E-state index in [1.807, 2.05) is 55.4 Å². The maximum absolute atomic E-state index is 11.1. The Morgan fingerprint density at radius 1 is 0.309 bits per heavy atom. The lowest BCUT2D eigenvalue weighted by Crippen LogP contribution is -2.61. The molecule has 2 aromatic heterocycles. The summed E-state index contributed by atoms with van der Waals surface area (Å²) in [5.74, 6) is 0. The Balaban J connectivity index is 0.000000203. The van der Waals surface area contributed by atoms with E-state index in [9.17, 15) is 46.6 Å². The first-order chi connectivity index (χ1) is 86.6. The molecule has 0 saturated heterocycles. The summed E-state index contributed by atoms with van der Waals surface area (Å²) in [5.41, 5.74) is -18.2. The van der Waals surface area contributed by atoms with E-state index in [0.717, 1.165) is 26.0 Å². The number of anilines is 18. The summed E-state index contributed by atoms with van der Waals surface area (Å²) in [6.07, 6.45) is 1.86. The molecule has 0 N–H and O–H groups in total. The quantitative estimate of drug-likeness (QED) is 0.119. The zero-order valence-corrected chi connectivity index (χ0v) is 79.6. The van der Waals surface area contributed by atoms with E-state index in [1.165, 1.54) is 39.0 Å². The number of benzene rings is 15. The van der Waals surface area contributed by atoms with Crippen LogP contribution in [0.15, 0.2) is 343 Å². The van der Waals surface area contributed by atoms with Gasteiger partial charge >= 0.3 is 0 Å². The number of thiophene rings is 1. The second-order valence-corrected chi connectivity index (χ2v) is 42.9. The van der Waals surface area contributed by atoms with Crippen molar-refractivity contribution in [3.8, 4) is 11.1 Å². The molecule has 17 aromatic rings. The third-order valence-electron chi connectivity index (χ3n) is 26.6. The molecular weight excluding hydrogens is 1670 g/mol. The van der Waals surface area contributed by atoms with E-state index in [0.29, 0.717) is 47.9 Å². The van der Waals surface area contributed by atoms with Crippen LogP contribution in [0.5, 0.6) is 0 Å². The summed E-state index contributed by atoms with van der Waals surface area (Å²) in [4.78, 5) is 6.38. The maximum Gasteiger partial charge on any atom is 0.297 e. The Bertz CT molecular complexity index is 10600. The highest BCUT2D eigenvalue weighted by molar-refractivity contribution is 7.33. The third-order valence-corrected chi connectivity index (χ3v) is 27.7. The number of fused-ring (bicyclic) bond motifs is 14. The summed E-state index contributed by atoms with van der Waals surface area (Å²) in [7, 11) is 0. The average Bonchev–Trinajstić information content (AvgIpc) is 1.38. The SMILES string of the molecule is [2H]c1c([2H])c([2H])c(-c2c([2H])c(C(C)(C)C)c([2H])c([2H])c2N2c3cc(N(c4c([2H])c([2H])c([2H])c([2H])c4[2H])c4c([2H])c([2H])c([2H])c([2H])c4[2H])cc4c3B(c3sc5c([2H])c([2H])c([2H])c([2H])c5c3N4c3c([2H])c([2H])c(C(C)(C)C)c([2H])c3[2H])c3c([2H])c4c(c([2H])c32)C(C)(C)CCC4(C)C)c([2H])c1[2H].[2H]c1c([2H])c([2H])c(N(c2cc3c4c(c2)N(c2c([2H])c([2H])c(C(C)(C)C)c([2H])c2[2H])c2c(oc5c([2H])c([2H])c([2H])c([2H])c25)B4c2c([2H])c4c(c([2H])c2N3c2c([2H])c([2H])c(C(C)(C)C)c([2H])c2[2H])C(C)(C)CCC4(C)C)c2c([2H])c([2H])c([2H])c([2H])c2[2H])c([2H])c1[2H]. The van der Waals surface area contributed by atoms with Gasteiger partial charge in [-0.25, -0.2) is 0 Å². The van der Waals surface area contributed by atoms with E-state index in [-0.39, 0.29) is 140 Å². The van der Waals surface area contributed by atoms with Crippen molar-refractivity contribution in [2.45, 2.75) is 207 Å². The van der Waals surface area contributed by atoms with Crippen molar-refractivity contribution < 1.29 is 75.7 Å². The molecule has 23 rings (SSSR count). The van der Waals surface area contributed by atoms with E-state index < -0.39 is 420 Å². The zero-order chi connectivity index (χ0) is 140. The second kappa shape index (κ2) is 32.2. The summed E-state index contributed by atoms with van der Waals surface area (Å²) in [5, 5.41) is -0.622. The largest absolute Gasteiger partial charge is 0.468 e. The highest BCUT2D eigenvalue weighted by atomic mass is 32.1. The van der Waals surface area contributed by atoms with Gasteiger partial charge in [-0.05, 0) is 292 Å². The van der Waals surface area contributed by atoms with Crippen LogP contribution in [-0.4, -0.2) is 13.4 Å². The fourth-order valence-corrected chi connectivity index (χ4v) is 20.3. The molecule has 4 aliphatic heterocycles. The van der Waals surface area contributed by atoms with Crippen molar-refractivity contribution in [2.75, 3.05) is 29.4 Å². The van der Waals surface area contributed by atoms with Gasteiger partial charge < -0.3 is 33.8 Å². The lowest BCUT2D eigenvalue weighted by atomic mass is 9.35. The van der Waals surface area contributed by atoms with Crippen LogP contribution in [0.3, 0.4) is 0 Å². The normalized spacial score (nSPS) is 21.0. The molecule has 0 bridgehead atoms. The smallest absolute Gasteiger partial charge is 0.297 e. The predicted molar refractivity (Wildman–Crippen MR) is 586 cm³/mol. The van der Waals surface area contributed by atoms with Crippen molar-refractivity contribution >= 4 is 180 Å². The molecule has 136 heavy (non-hydrogen) atoms. The molecule has 0 fully saturated rings. The monoisotopic (exact) mass is 1840 g/mol. The topological polar surface area (TPSA) is 32.6 Å². The van der Waals surface area contributed by atoms with Crippen LogP contribution in [0.4, 0.5) is 102 Å². The molecule has 676 valence electrons. The predicted octanol–water partition coefficient (Wildman–Crippen LogP) is 32.0. The fourth-order valence-electron chi connectivity index (χ4n) is 19.1. The van der Waals surface area contributed by atoms with Gasteiger partial charge in [-0.3, -0.25) is 0 Å². The highest BCUT2D eigenvalue weighted by Gasteiger charge is 2.53. The summed E-state index contributed by atoms with van der Waals surface area (Å²) in [6.45, 7) is 32.0. The van der Waals surface area contributed by atoms with Gasteiger partial charge in [0.05, 0.1) is 105 Å². The van der Waals surface area contributed by atoms with Gasteiger partial charge in [0.1, 0.15) is 5.58 Å². The van der Waals surface area contributed by atoms with Crippen LogP contribution in [0.25, 0.3) is 32.2 Å². The number of para-hydroxylation sites is 5. The number of hydrogen-bond acceptors (Lipinski definition) is 8. The first-order valence-electron chi connectivity index (χ1n) is 71.0. The third kappa shape index (κ3) is 14.8. The molecular formula is C126H124B2N6OS. The molecule has 7 nitrogen and oxygen atoms in total. The molecule has 15 aromatic carbocycles. The molecule has 0 saturated carbocycles. The molecule has 6 heterocycles. The zero-order valence-electron chi connectivity index (χ0n) is 131. The Kier molecular flexibility index (Phi) is 11.2. The standard InChI is InChI=1S/C66H64BN3S.C60H60BN3O/c1-63(2,3)44-30-33-48(34-31-44)69-57-39-49(68(46-24-16-12-17-25-46)47-26-18-13-19-27-47)40-58-60(57)67(62-61(69)50-28-20-21-29-59(50)71-62)54-41-52-53(66(9,10)37-36-65(52,7)8)42-56(54)70(58)55-35-32-45(64(4,5)6)38-51(55)43-22-14-11-15-23-43;1-57(2,3)39-25-29-43(30-26-39)63-50-38-48-47(59(7,8)33-34-60(48,9)10)37-49(50)61-54-51(63)35-45(62(41-19-13-11-14-20-41)42-21-15-12-16-22-42)36-52(54)64(44-31-27-40(28-32-44)58(4,5)6)55-46-23-17-18-24-53(46)65-56(55)61/h11-35,38-42H,36-37H2,1-10H3;11-32,35-38H,33-34H2,1-10H3/i11D,12D,13D,14D,15D,16D,17D,18D,19D,20D,21D,22D,23D,24D,25D,26D,27D,28D,29D,30D,31D,32D,33D,34D,35D,38D,41D,42D;11D,12D,13D,14D,15D,16D,17D,18D,19D,20D,21D,22D,23D,24D,25D,26D,27D,28D,29D,30D,31D,32D,37D,38D. The van der Waals surface area contributed by atoms with Crippen molar-refractivity contribution in [3.63, 3.8) is 0 Å². The first kappa shape index (κ1) is 47.5. The van der Waals surface area contributed by atoms with Crippen molar-refractivity contribution in [2.24, 2.45) is 0 Å². The van der Waals surface area contributed by atoms with Crippen LogP contribution < -0.4 is 61.7 Å². The van der Waals surface area contributed by atoms with Crippen LogP contribution in [0.2, 0.25) is 0 Å². The molecule has 10 heteroatoms. The van der Waals surface area contributed by atoms with Crippen molar-refractivity contribution in [3.05, 3.63) is 383 Å². The molecule has 0 unspecified atom stereocenters. The number of hydrogen-bond donors (Lipinski definition) is 0. The van der Waals surface area contributed by atoms with Crippen LogP contribution in [-0.2, 0) is 43.3 Å². The second-order valence-electron chi connectivity index (χ2n) is 41.8. The van der Waals surface area contributed by atoms with E-state index in [2.05, 4.69) is 0 Å². The average molecular weight is 1840 g/mol. The molecule has 2 aliphatic carbocycles. The van der Waals surface area contributed by atoms with Gasteiger partial charge in [-0.1, -0.05) is 326 Å². The molecule has 0 radical (unpaired) electrons. The number of furan rings is 1. The van der Waals surface area contributed by atoms with Gasteiger partial charge in [0, 0.05) is 99.7 Å². The van der Waals surface area contributed by atoms with Crippen LogP contribution in [0, 0.1) is 0 Å². The summed E-state index contributed by atoms with van der Waals surface area (Å²) in [6, 6.07) is -34.6. The molecule has 0 amide bonds. The molecule has 0 spiro atoms. The van der Waals surface area contributed by atoms with Crippen molar-refractivity contribution in [1.82, 2.24) is 0 Å². The summed E-state index contributed by atoms with van der Waals surface area (Å²) < 4.78 is 506. The van der Waals surface area contributed by atoms with Crippen molar-refractivity contribution in [1.29, 1.82) is 0 Å². The Labute approximate surface area is 884 Å². The number of nitrogens with zero attached hydrogens (tertiary/aromatic N) is 6. The minimum atomic E-state index is -1.59. The molecule has 0 atom stereocenters. The van der Waals surface area contributed by atoms with Gasteiger partial charge in [-0.2, -0.15) is 0 Å². The number of rotatable bonds is 11. The van der Waals surface area contributed by atoms with Crippen LogP contribution in [0.1, 0.15) is 280 Å².